The van der Waals surface area contributed by atoms with E-state index in [0.29, 0.717) is 0 Å². The van der Waals surface area contributed by atoms with Gasteiger partial charge in [-0.05, 0) is 40.3 Å². The Morgan fingerprint density at radius 1 is 1.27 bits per heavy atom. The molecule has 0 fully saturated rings. The molecule has 1 aliphatic heterocycles. The van der Waals surface area contributed by atoms with Crippen molar-refractivity contribution in [1.82, 2.24) is 4.90 Å². The Balaban J connectivity index is 2.08. The fourth-order valence-corrected chi connectivity index (χ4v) is 2.11. The Morgan fingerprint density at radius 2 is 2.00 bits per heavy atom. The maximum atomic E-state index is 6.07. The number of nitrogens with zero attached hydrogens (tertiary/aromatic N) is 1. The van der Waals surface area contributed by atoms with Crippen LogP contribution >= 0.6 is 22.6 Å². The van der Waals surface area contributed by atoms with E-state index in [0.717, 1.165) is 6.54 Å². The fraction of sp³-hybridized carbons (Fsp3) is 0.167. The summed E-state index contributed by atoms with van der Waals surface area (Å²) in [5.74, 6) is 0. The summed E-state index contributed by atoms with van der Waals surface area (Å²) in [6.45, 7) is 0.860. The number of hydrogen-bond acceptors (Lipinski definition) is 2. The molecule has 1 aliphatic rings. The average Bonchev–Trinajstić information content (AvgIpc) is 2.26. The van der Waals surface area contributed by atoms with E-state index in [1.807, 2.05) is 24.4 Å². The molecule has 1 atom stereocenters. The van der Waals surface area contributed by atoms with Crippen molar-refractivity contribution >= 4 is 22.6 Å². The van der Waals surface area contributed by atoms with Gasteiger partial charge in [0.1, 0.15) is 6.17 Å². The molecule has 0 aliphatic carbocycles. The van der Waals surface area contributed by atoms with Crippen molar-refractivity contribution in [2.24, 2.45) is 5.73 Å². The SMILES string of the molecule is NC1C(I)=CC=CN1Cc1ccccc1. The van der Waals surface area contributed by atoms with E-state index in [-0.39, 0.29) is 6.17 Å². The van der Waals surface area contributed by atoms with E-state index in [1.165, 1.54) is 9.14 Å². The van der Waals surface area contributed by atoms with Crippen molar-refractivity contribution < 1.29 is 0 Å². The van der Waals surface area contributed by atoms with Crippen LogP contribution < -0.4 is 5.73 Å². The molecule has 0 saturated carbocycles. The van der Waals surface area contributed by atoms with Crippen LogP contribution in [0.2, 0.25) is 0 Å². The normalized spacial score (nSPS) is 20.3. The molecule has 1 aromatic carbocycles. The van der Waals surface area contributed by atoms with Gasteiger partial charge in [-0.2, -0.15) is 0 Å². The predicted octanol–water partition coefficient (Wildman–Crippen LogP) is 2.62. The first-order valence-electron chi connectivity index (χ1n) is 4.86. The van der Waals surface area contributed by atoms with Gasteiger partial charge >= 0.3 is 0 Å². The smallest absolute Gasteiger partial charge is 0.109 e. The lowest BCUT2D eigenvalue weighted by Gasteiger charge is -2.29. The molecule has 2 rings (SSSR count). The number of benzene rings is 1. The molecular weight excluding hydrogens is 299 g/mol. The van der Waals surface area contributed by atoms with Gasteiger partial charge in [-0.15, -0.1) is 0 Å². The second-order valence-corrected chi connectivity index (χ2v) is 4.74. The molecule has 0 spiro atoms. The first-order valence-corrected chi connectivity index (χ1v) is 5.94. The molecule has 2 N–H and O–H groups in total. The van der Waals surface area contributed by atoms with Gasteiger partial charge in [0.05, 0.1) is 0 Å². The monoisotopic (exact) mass is 312 g/mol. The van der Waals surface area contributed by atoms with Crippen molar-refractivity contribution in [1.29, 1.82) is 0 Å². The molecule has 78 valence electrons. The lowest BCUT2D eigenvalue weighted by atomic mass is 10.2. The molecule has 0 saturated heterocycles. The summed E-state index contributed by atoms with van der Waals surface area (Å²) < 4.78 is 1.17. The standard InChI is InChI=1S/C12H13IN2/c13-11-7-4-8-15(12(11)14)9-10-5-2-1-3-6-10/h1-8,12H,9,14H2. The Morgan fingerprint density at radius 3 is 2.73 bits per heavy atom. The molecular formula is C12H13IN2. The second kappa shape index (κ2) is 4.81. The lowest BCUT2D eigenvalue weighted by molar-refractivity contribution is 0.312. The summed E-state index contributed by atoms with van der Waals surface area (Å²) in [7, 11) is 0. The highest BCUT2D eigenvalue weighted by Crippen LogP contribution is 2.20. The molecule has 2 nitrogen and oxygen atoms in total. The molecule has 1 heterocycles. The van der Waals surface area contributed by atoms with Crippen molar-refractivity contribution in [3.8, 4) is 0 Å². The number of rotatable bonds is 2. The molecule has 1 aromatic rings. The number of nitrogens with two attached hydrogens (primary N) is 1. The van der Waals surface area contributed by atoms with Gasteiger partial charge in [0.15, 0.2) is 0 Å². The first kappa shape index (κ1) is 10.7. The lowest BCUT2D eigenvalue weighted by Crippen LogP contribution is -2.39. The van der Waals surface area contributed by atoms with Crippen LogP contribution in [0.15, 0.2) is 52.3 Å². The fourth-order valence-electron chi connectivity index (χ4n) is 1.54. The van der Waals surface area contributed by atoms with Crippen LogP contribution in [-0.2, 0) is 6.54 Å². The molecule has 0 amide bonds. The van der Waals surface area contributed by atoms with Crippen LogP contribution in [0.4, 0.5) is 0 Å². The van der Waals surface area contributed by atoms with Crippen LogP contribution in [-0.4, -0.2) is 11.1 Å². The third-order valence-electron chi connectivity index (χ3n) is 2.38. The third kappa shape index (κ3) is 2.60. The highest BCUT2D eigenvalue weighted by atomic mass is 127. The van der Waals surface area contributed by atoms with Gasteiger partial charge < -0.3 is 10.6 Å². The highest BCUT2D eigenvalue weighted by molar-refractivity contribution is 14.1. The molecule has 0 aromatic heterocycles. The van der Waals surface area contributed by atoms with E-state index in [9.17, 15) is 0 Å². The summed E-state index contributed by atoms with van der Waals surface area (Å²) in [4.78, 5) is 2.14. The van der Waals surface area contributed by atoms with Crippen molar-refractivity contribution in [2.75, 3.05) is 0 Å². The summed E-state index contributed by atoms with van der Waals surface area (Å²) in [6, 6.07) is 10.4. The molecule has 0 bridgehead atoms. The molecule has 3 heteroatoms. The number of allylic oxidation sites excluding steroid dienone is 2. The van der Waals surface area contributed by atoms with Crippen molar-refractivity contribution in [3.63, 3.8) is 0 Å². The first-order chi connectivity index (χ1) is 7.27. The van der Waals surface area contributed by atoms with Crippen LogP contribution in [0.25, 0.3) is 0 Å². The van der Waals surface area contributed by atoms with Gasteiger partial charge in [-0.25, -0.2) is 0 Å². The zero-order valence-corrected chi connectivity index (χ0v) is 10.5. The van der Waals surface area contributed by atoms with E-state index in [4.69, 9.17) is 5.73 Å². The van der Waals surface area contributed by atoms with Gasteiger partial charge in [-0.3, -0.25) is 0 Å². The van der Waals surface area contributed by atoms with Crippen molar-refractivity contribution in [3.05, 3.63) is 57.8 Å². The largest absolute Gasteiger partial charge is 0.354 e. The van der Waals surface area contributed by atoms with E-state index < -0.39 is 0 Å². The Labute approximate surface area is 104 Å². The van der Waals surface area contributed by atoms with Gasteiger partial charge in [0.2, 0.25) is 0 Å². The zero-order chi connectivity index (χ0) is 10.7. The van der Waals surface area contributed by atoms with E-state index >= 15 is 0 Å². The topological polar surface area (TPSA) is 29.3 Å². The van der Waals surface area contributed by atoms with Gasteiger partial charge in [0.25, 0.3) is 0 Å². The van der Waals surface area contributed by atoms with Crippen molar-refractivity contribution in [2.45, 2.75) is 12.7 Å². The maximum absolute atomic E-state index is 6.07. The quantitative estimate of drug-likeness (QED) is 0.851. The summed E-state index contributed by atoms with van der Waals surface area (Å²) in [6.07, 6.45) is 6.12. The van der Waals surface area contributed by atoms with Gasteiger partial charge in [0, 0.05) is 16.3 Å². The molecule has 15 heavy (non-hydrogen) atoms. The minimum Gasteiger partial charge on any atom is -0.354 e. The molecule has 1 unspecified atom stereocenters. The highest BCUT2D eigenvalue weighted by Gasteiger charge is 2.15. The van der Waals surface area contributed by atoms with Crippen LogP contribution in [0.3, 0.4) is 0 Å². The Kier molecular flexibility index (Phi) is 3.43. The van der Waals surface area contributed by atoms with Crippen LogP contribution in [0.1, 0.15) is 5.56 Å². The van der Waals surface area contributed by atoms with Crippen LogP contribution in [0.5, 0.6) is 0 Å². The van der Waals surface area contributed by atoms with E-state index in [2.05, 4.69) is 51.8 Å². The summed E-state index contributed by atoms with van der Waals surface area (Å²) in [5.41, 5.74) is 7.35. The minimum absolute atomic E-state index is 0.00388. The number of halogens is 1. The zero-order valence-electron chi connectivity index (χ0n) is 8.31. The molecule has 0 radical (unpaired) electrons. The maximum Gasteiger partial charge on any atom is 0.109 e. The average molecular weight is 312 g/mol. The third-order valence-corrected chi connectivity index (χ3v) is 3.38. The van der Waals surface area contributed by atoms with Crippen LogP contribution in [0, 0.1) is 0 Å². The number of hydrogen-bond donors (Lipinski definition) is 1. The Hall–Kier alpha value is -0.810. The predicted molar refractivity (Wildman–Crippen MR) is 71.2 cm³/mol. The minimum atomic E-state index is -0.00388. The summed E-state index contributed by atoms with van der Waals surface area (Å²) >= 11 is 2.28. The summed E-state index contributed by atoms with van der Waals surface area (Å²) in [5, 5.41) is 0. The van der Waals surface area contributed by atoms with Gasteiger partial charge in [-0.1, -0.05) is 30.3 Å². The Bertz CT molecular complexity index is 384. The second-order valence-electron chi connectivity index (χ2n) is 3.50. The van der Waals surface area contributed by atoms with E-state index in [1.54, 1.807) is 0 Å².